The quantitative estimate of drug-likeness (QED) is 0.888. The first-order chi connectivity index (χ1) is 9.49. The van der Waals surface area contributed by atoms with Gasteiger partial charge in [-0.05, 0) is 56.7 Å². The number of carbonyl (C=O) groups is 2. The fraction of sp³-hybridized carbons (Fsp3) is 0.375. The third kappa shape index (κ3) is 3.07. The van der Waals surface area contributed by atoms with E-state index in [9.17, 15) is 14.7 Å². The summed E-state index contributed by atoms with van der Waals surface area (Å²) < 4.78 is 0. The predicted molar refractivity (Wildman–Crippen MR) is 77.7 cm³/mol. The maximum atomic E-state index is 12.3. The number of carboxylic acids is 1. The number of hydrogen-bond donors (Lipinski definition) is 2. The molecule has 4 nitrogen and oxygen atoms in total. The van der Waals surface area contributed by atoms with Crippen molar-refractivity contribution in [3.63, 3.8) is 0 Å². The van der Waals surface area contributed by atoms with Gasteiger partial charge in [-0.25, -0.2) is 4.79 Å². The van der Waals surface area contributed by atoms with E-state index in [1.54, 1.807) is 0 Å². The lowest BCUT2D eigenvalue weighted by molar-refractivity contribution is -0.133. The van der Waals surface area contributed by atoms with Gasteiger partial charge in [-0.15, -0.1) is 0 Å². The maximum absolute atomic E-state index is 12.3. The van der Waals surface area contributed by atoms with Crippen LogP contribution >= 0.6 is 0 Å². The van der Waals surface area contributed by atoms with Gasteiger partial charge >= 0.3 is 5.97 Å². The summed E-state index contributed by atoms with van der Waals surface area (Å²) in [6.45, 7) is 3.88. The fourth-order valence-corrected chi connectivity index (χ4v) is 2.46. The highest BCUT2D eigenvalue weighted by atomic mass is 16.4. The van der Waals surface area contributed by atoms with Crippen LogP contribution in [0.1, 0.15) is 36.8 Å². The van der Waals surface area contributed by atoms with Crippen LogP contribution in [0.3, 0.4) is 0 Å². The number of hydrogen-bond acceptors (Lipinski definition) is 2. The summed E-state index contributed by atoms with van der Waals surface area (Å²) in [7, 11) is 0. The molecule has 0 saturated heterocycles. The number of nitrogens with one attached hydrogen (secondary N) is 1. The second-order valence-electron chi connectivity index (χ2n) is 5.24. The van der Waals surface area contributed by atoms with Gasteiger partial charge in [0, 0.05) is 16.8 Å². The fourth-order valence-electron chi connectivity index (χ4n) is 2.46. The van der Waals surface area contributed by atoms with E-state index in [1.807, 2.05) is 32.0 Å². The zero-order chi connectivity index (χ0) is 14.7. The lowest BCUT2D eigenvalue weighted by Gasteiger charge is -2.18. The van der Waals surface area contributed by atoms with Crippen LogP contribution in [0.5, 0.6) is 0 Å². The first kappa shape index (κ1) is 14.3. The van der Waals surface area contributed by atoms with Crippen LogP contribution in [0.25, 0.3) is 0 Å². The summed E-state index contributed by atoms with van der Waals surface area (Å²) >= 11 is 0. The Morgan fingerprint density at radius 3 is 2.40 bits per heavy atom. The van der Waals surface area contributed by atoms with Crippen molar-refractivity contribution in [1.29, 1.82) is 0 Å². The lowest BCUT2D eigenvalue weighted by atomic mass is 9.91. The van der Waals surface area contributed by atoms with E-state index >= 15 is 0 Å². The highest BCUT2D eigenvalue weighted by molar-refractivity contribution is 6.09. The van der Waals surface area contributed by atoms with Gasteiger partial charge in [0.2, 0.25) is 0 Å². The van der Waals surface area contributed by atoms with Gasteiger partial charge in [-0.3, -0.25) is 4.79 Å². The van der Waals surface area contributed by atoms with E-state index in [4.69, 9.17) is 0 Å². The monoisotopic (exact) mass is 273 g/mol. The van der Waals surface area contributed by atoms with Gasteiger partial charge in [0.05, 0.1) is 0 Å². The van der Waals surface area contributed by atoms with Gasteiger partial charge < -0.3 is 10.4 Å². The number of rotatable bonds is 3. The van der Waals surface area contributed by atoms with Crippen LogP contribution in [0.4, 0.5) is 5.69 Å². The molecule has 1 amide bonds. The molecule has 0 bridgehead atoms. The summed E-state index contributed by atoms with van der Waals surface area (Å²) in [6, 6.07) is 5.82. The number of benzene rings is 1. The topological polar surface area (TPSA) is 66.4 Å². The van der Waals surface area contributed by atoms with Gasteiger partial charge in [-0.1, -0.05) is 12.1 Å². The van der Waals surface area contributed by atoms with Crippen molar-refractivity contribution in [2.45, 2.75) is 39.5 Å². The first-order valence-corrected chi connectivity index (χ1v) is 6.83. The van der Waals surface area contributed by atoms with Gasteiger partial charge in [0.15, 0.2) is 0 Å². The summed E-state index contributed by atoms with van der Waals surface area (Å²) in [5, 5.41) is 12.0. The molecule has 0 spiro atoms. The van der Waals surface area contributed by atoms with Crippen LogP contribution < -0.4 is 5.32 Å². The van der Waals surface area contributed by atoms with Crippen LogP contribution in [0, 0.1) is 13.8 Å². The molecule has 0 atom stereocenters. The van der Waals surface area contributed by atoms with Crippen LogP contribution in [0.2, 0.25) is 0 Å². The predicted octanol–water partition coefficient (Wildman–Crippen LogP) is 3.20. The molecule has 0 unspecified atom stereocenters. The molecule has 2 rings (SSSR count). The summed E-state index contributed by atoms with van der Waals surface area (Å²) in [5.41, 5.74) is 3.46. The standard InChI is InChI=1S/C16H19NO3/c1-10-7-8-11(2)14(9-10)17-15(18)12-5-3-4-6-13(12)16(19)20/h7-9H,3-6H2,1-2H3,(H,17,18)(H,19,20). The van der Waals surface area contributed by atoms with Crippen molar-refractivity contribution in [2.75, 3.05) is 5.32 Å². The smallest absolute Gasteiger partial charge is 0.332 e. The number of aryl methyl sites for hydroxylation is 2. The van der Waals surface area contributed by atoms with Crippen molar-refractivity contribution in [3.05, 3.63) is 40.5 Å². The molecule has 2 N–H and O–H groups in total. The minimum atomic E-state index is -0.976. The second-order valence-corrected chi connectivity index (χ2v) is 5.24. The van der Waals surface area contributed by atoms with Crippen molar-refractivity contribution in [2.24, 2.45) is 0 Å². The Labute approximate surface area is 118 Å². The SMILES string of the molecule is Cc1ccc(C)c(NC(=O)C2=C(C(=O)O)CCCC2)c1. The van der Waals surface area contributed by atoms with Crippen LogP contribution in [0.15, 0.2) is 29.3 Å². The van der Waals surface area contributed by atoms with Crippen LogP contribution in [-0.2, 0) is 9.59 Å². The Bertz CT molecular complexity index is 587. The van der Waals surface area contributed by atoms with Crippen molar-refractivity contribution < 1.29 is 14.7 Å². The summed E-state index contributed by atoms with van der Waals surface area (Å²) in [6.07, 6.45) is 2.72. The van der Waals surface area contributed by atoms with Crippen LogP contribution in [-0.4, -0.2) is 17.0 Å². The number of carboxylic acid groups (broad SMARTS) is 1. The molecule has 1 aromatic rings. The molecule has 1 aliphatic rings. The summed E-state index contributed by atoms with van der Waals surface area (Å²) in [5.74, 6) is -1.26. The van der Waals surface area contributed by atoms with Gasteiger partial charge in [-0.2, -0.15) is 0 Å². The largest absolute Gasteiger partial charge is 0.478 e. The molecule has 4 heteroatoms. The normalized spacial score (nSPS) is 15.1. The number of anilines is 1. The van der Waals surface area contributed by atoms with Gasteiger partial charge in [0.1, 0.15) is 0 Å². The minimum absolute atomic E-state index is 0.263. The third-order valence-corrected chi connectivity index (χ3v) is 3.64. The molecule has 106 valence electrons. The highest BCUT2D eigenvalue weighted by Crippen LogP contribution is 2.26. The van der Waals surface area contributed by atoms with E-state index in [-0.39, 0.29) is 11.5 Å². The van der Waals surface area contributed by atoms with E-state index in [2.05, 4.69) is 5.32 Å². The zero-order valence-corrected chi connectivity index (χ0v) is 11.8. The molecular formula is C16H19NO3. The molecule has 0 saturated carbocycles. The average Bonchev–Trinajstić information content (AvgIpc) is 2.42. The van der Waals surface area contributed by atoms with Gasteiger partial charge in [0.25, 0.3) is 5.91 Å². The van der Waals surface area contributed by atoms with Crippen molar-refractivity contribution >= 4 is 17.6 Å². The zero-order valence-electron chi connectivity index (χ0n) is 11.8. The molecule has 1 aromatic carbocycles. The number of aliphatic carboxylic acids is 1. The van der Waals surface area contributed by atoms with E-state index in [0.29, 0.717) is 18.4 Å². The second kappa shape index (κ2) is 5.90. The maximum Gasteiger partial charge on any atom is 0.332 e. The molecule has 20 heavy (non-hydrogen) atoms. The minimum Gasteiger partial charge on any atom is -0.478 e. The van der Waals surface area contributed by atoms with E-state index < -0.39 is 5.97 Å². The Kier molecular flexibility index (Phi) is 4.23. The first-order valence-electron chi connectivity index (χ1n) is 6.83. The molecular weight excluding hydrogens is 254 g/mol. The Hall–Kier alpha value is -2.10. The van der Waals surface area contributed by atoms with E-state index in [0.717, 1.165) is 29.7 Å². The molecule has 0 fully saturated rings. The molecule has 1 aliphatic carbocycles. The molecule has 0 radical (unpaired) electrons. The number of amides is 1. The third-order valence-electron chi connectivity index (χ3n) is 3.64. The van der Waals surface area contributed by atoms with Crippen molar-refractivity contribution in [1.82, 2.24) is 0 Å². The summed E-state index contributed by atoms with van der Waals surface area (Å²) in [4.78, 5) is 23.5. The lowest BCUT2D eigenvalue weighted by Crippen LogP contribution is -2.21. The highest BCUT2D eigenvalue weighted by Gasteiger charge is 2.23. The Morgan fingerprint density at radius 2 is 1.75 bits per heavy atom. The molecule has 0 aromatic heterocycles. The molecule has 0 heterocycles. The Morgan fingerprint density at radius 1 is 1.10 bits per heavy atom. The average molecular weight is 273 g/mol. The van der Waals surface area contributed by atoms with Crippen molar-refractivity contribution in [3.8, 4) is 0 Å². The van der Waals surface area contributed by atoms with E-state index in [1.165, 1.54) is 0 Å². The Balaban J connectivity index is 2.27. The molecule has 0 aliphatic heterocycles. The number of carbonyl (C=O) groups excluding carboxylic acids is 1.